The lowest BCUT2D eigenvalue weighted by Gasteiger charge is -2.23. The number of amides is 4. The van der Waals surface area contributed by atoms with E-state index in [1.54, 1.807) is 24.3 Å². The molecule has 0 saturated carbocycles. The number of ether oxygens (including phenoxy) is 2. The topological polar surface area (TPSA) is 167 Å². The van der Waals surface area contributed by atoms with Crippen molar-refractivity contribution in [1.29, 1.82) is 0 Å². The maximum Gasteiger partial charge on any atom is 0.326 e. The molecule has 0 bridgehead atoms. The molecule has 4 amide bonds. The van der Waals surface area contributed by atoms with Crippen LogP contribution in [0.1, 0.15) is 44.7 Å². The zero-order chi connectivity index (χ0) is 30.8. The molecule has 12 nitrogen and oxygen atoms in total. The Balaban J connectivity index is 1.61. The van der Waals surface area contributed by atoms with Gasteiger partial charge >= 0.3 is 12.0 Å². The fourth-order valence-corrected chi connectivity index (χ4v) is 4.54. The van der Waals surface area contributed by atoms with Gasteiger partial charge in [-0.15, -0.1) is 0 Å². The second-order valence-electron chi connectivity index (χ2n) is 10.6. The van der Waals surface area contributed by atoms with E-state index >= 15 is 0 Å². The quantitative estimate of drug-likeness (QED) is 0.241. The molecule has 1 aliphatic rings. The standard InChI is InChI=1S/C30H39N5O7/c1-17(2)12-24(28-31-16-21(42-28)15-25(29(38)39)32-19(4)36)33-27(37)14-20-10-11-23(26(13-20)41-5)35-30(40)34-22-9-7-6-8-18(22)3/h6-11,13,17,21,24-25H,12,14-16H2,1-5H3,(H,32,36)(H,33,37)(H,38,39)(H2,34,35,40). The van der Waals surface area contributed by atoms with Gasteiger partial charge < -0.3 is 35.8 Å². The van der Waals surface area contributed by atoms with Crippen LogP contribution in [0.25, 0.3) is 0 Å². The highest BCUT2D eigenvalue weighted by molar-refractivity contribution is 6.01. The maximum atomic E-state index is 13.1. The molecule has 5 N–H and O–H groups in total. The average Bonchev–Trinajstić information content (AvgIpc) is 3.38. The lowest BCUT2D eigenvalue weighted by Crippen LogP contribution is -2.44. The number of nitrogens with one attached hydrogen (secondary N) is 4. The lowest BCUT2D eigenvalue weighted by molar-refractivity contribution is -0.142. The Kier molecular flexibility index (Phi) is 11.3. The summed E-state index contributed by atoms with van der Waals surface area (Å²) in [6.45, 7) is 7.40. The third-order valence-electron chi connectivity index (χ3n) is 6.52. The van der Waals surface area contributed by atoms with Crippen molar-refractivity contribution in [2.45, 2.75) is 65.1 Å². The van der Waals surface area contributed by atoms with Crippen LogP contribution in [0.5, 0.6) is 5.75 Å². The van der Waals surface area contributed by atoms with Gasteiger partial charge in [0.1, 0.15) is 23.9 Å². The Morgan fingerprint density at radius 2 is 1.79 bits per heavy atom. The van der Waals surface area contributed by atoms with Gasteiger partial charge in [-0.3, -0.25) is 9.59 Å². The molecule has 0 saturated heterocycles. The van der Waals surface area contributed by atoms with Crippen molar-refractivity contribution in [3.8, 4) is 5.75 Å². The summed E-state index contributed by atoms with van der Waals surface area (Å²) in [4.78, 5) is 52.9. The SMILES string of the molecule is COc1cc(CC(=O)NC(CC(C)C)C2=NCC(CC(NC(C)=O)C(=O)O)O2)ccc1NC(=O)Nc1ccccc1C. The number of aliphatic carboxylic acids is 1. The number of aliphatic imine (C=N–C) groups is 1. The van der Waals surface area contributed by atoms with E-state index in [-0.39, 0.29) is 31.2 Å². The van der Waals surface area contributed by atoms with Crippen LogP contribution in [-0.2, 0) is 25.5 Å². The Bertz CT molecular complexity index is 1330. The van der Waals surface area contributed by atoms with Crippen molar-refractivity contribution < 1.29 is 33.8 Å². The van der Waals surface area contributed by atoms with Gasteiger partial charge in [0, 0.05) is 19.0 Å². The molecule has 2 aromatic rings. The molecule has 12 heteroatoms. The van der Waals surface area contributed by atoms with Crippen molar-refractivity contribution in [3.63, 3.8) is 0 Å². The van der Waals surface area contributed by atoms with Gasteiger partial charge in [0.2, 0.25) is 17.7 Å². The number of carboxylic acids is 1. The summed E-state index contributed by atoms with van der Waals surface area (Å²) < 4.78 is 11.4. The molecule has 226 valence electrons. The van der Waals surface area contributed by atoms with Crippen molar-refractivity contribution in [2.75, 3.05) is 24.3 Å². The largest absolute Gasteiger partial charge is 0.495 e. The number of benzene rings is 2. The van der Waals surface area contributed by atoms with Crippen molar-refractivity contribution in [1.82, 2.24) is 10.6 Å². The zero-order valence-corrected chi connectivity index (χ0v) is 24.5. The molecular weight excluding hydrogens is 542 g/mol. The average molecular weight is 582 g/mol. The molecule has 0 spiro atoms. The minimum absolute atomic E-state index is 0.0426. The Labute approximate surface area is 245 Å². The summed E-state index contributed by atoms with van der Waals surface area (Å²) in [6.07, 6.45) is 0.119. The molecule has 3 unspecified atom stereocenters. The van der Waals surface area contributed by atoms with Gasteiger partial charge in [-0.25, -0.2) is 14.6 Å². The second kappa shape index (κ2) is 14.9. The summed E-state index contributed by atoms with van der Waals surface area (Å²) >= 11 is 0. The first kappa shape index (κ1) is 31.9. The lowest BCUT2D eigenvalue weighted by atomic mass is 10.0. The first-order valence-electron chi connectivity index (χ1n) is 13.8. The molecular formula is C30H39N5O7. The number of urea groups is 1. The number of carbonyl (C=O) groups is 4. The third-order valence-corrected chi connectivity index (χ3v) is 6.52. The molecule has 42 heavy (non-hydrogen) atoms. The number of methoxy groups -OCH3 is 1. The molecule has 1 heterocycles. The van der Waals surface area contributed by atoms with Crippen LogP contribution in [0.3, 0.4) is 0 Å². The normalized spacial score (nSPS) is 15.6. The number of hydrogen-bond acceptors (Lipinski definition) is 7. The van der Waals surface area contributed by atoms with E-state index in [1.165, 1.54) is 14.0 Å². The molecule has 0 radical (unpaired) electrons. The second-order valence-corrected chi connectivity index (χ2v) is 10.6. The van der Waals surface area contributed by atoms with E-state index in [9.17, 15) is 24.3 Å². The Morgan fingerprint density at radius 1 is 1.07 bits per heavy atom. The summed E-state index contributed by atoms with van der Waals surface area (Å²) in [5.74, 6) is -0.918. The number of rotatable bonds is 13. The summed E-state index contributed by atoms with van der Waals surface area (Å²) in [5, 5.41) is 20.4. The number of carboxylic acid groups (broad SMARTS) is 1. The highest BCUT2D eigenvalue weighted by atomic mass is 16.5. The van der Waals surface area contributed by atoms with Crippen LogP contribution >= 0.6 is 0 Å². The summed E-state index contributed by atoms with van der Waals surface area (Å²) in [7, 11) is 1.48. The predicted octanol–water partition coefficient (Wildman–Crippen LogP) is 3.50. The Morgan fingerprint density at radius 3 is 2.43 bits per heavy atom. The highest BCUT2D eigenvalue weighted by Gasteiger charge is 2.32. The fraction of sp³-hybridized carbons (Fsp3) is 0.433. The number of carbonyl (C=O) groups excluding carboxylic acids is 3. The molecule has 1 aliphatic heterocycles. The van der Waals surface area contributed by atoms with Crippen molar-refractivity contribution in [2.24, 2.45) is 10.9 Å². The van der Waals surface area contributed by atoms with E-state index < -0.39 is 36.1 Å². The van der Waals surface area contributed by atoms with E-state index in [2.05, 4.69) is 26.3 Å². The van der Waals surface area contributed by atoms with Crippen molar-refractivity contribution >= 4 is 41.1 Å². The molecule has 2 aromatic carbocycles. The van der Waals surface area contributed by atoms with E-state index in [0.717, 1.165) is 5.56 Å². The zero-order valence-electron chi connectivity index (χ0n) is 24.5. The van der Waals surface area contributed by atoms with E-state index in [0.29, 0.717) is 35.0 Å². The van der Waals surface area contributed by atoms with Crippen LogP contribution in [0.4, 0.5) is 16.2 Å². The number of hydrogen-bond donors (Lipinski definition) is 5. The third kappa shape index (κ3) is 9.50. The highest BCUT2D eigenvalue weighted by Crippen LogP contribution is 2.26. The number of para-hydroxylation sites is 1. The van der Waals surface area contributed by atoms with Crippen molar-refractivity contribution in [3.05, 3.63) is 53.6 Å². The Hall–Kier alpha value is -4.61. The van der Waals surface area contributed by atoms with Crippen LogP contribution in [0.15, 0.2) is 47.5 Å². The monoisotopic (exact) mass is 581 g/mol. The van der Waals surface area contributed by atoms with Gasteiger partial charge in [-0.2, -0.15) is 0 Å². The van der Waals surface area contributed by atoms with Gasteiger partial charge in [0.15, 0.2) is 0 Å². The van der Waals surface area contributed by atoms with Crippen LogP contribution in [0, 0.1) is 12.8 Å². The van der Waals surface area contributed by atoms with Crippen LogP contribution < -0.4 is 26.0 Å². The molecule has 0 fully saturated rings. The van der Waals surface area contributed by atoms with Gasteiger partial charge in [0.05, 0.1) is 25.8 Å². The summed E-state index contributed by atoms with van der Waals surface area (Å²) in [5.41, 5.74) is 2.74. The number of aryl methyl sites for hydroxylation is 1. The fourth-order valence-electron chi connectivity index (χ4n) is 4.54. The van der Waals surface area contributed by atoms with Gasteiger partial charge in [-0.05, 0) is 48.6 Å². The number of nitrogens with zero attached hydrogens (tertiary/aromatic N) is 1. The first-order chi connectivity index (χ1) is 19.9. The molecule has 3 rings (SSSR count). The molecule has 3 atom stereocenters. The summed E-state index contributed by atoms with van der Waals surface area (Å²) in [6, 6.07) is 10.5. The first-order valence-corrected chi connectivity index (χ1v) is 13.8. The predicted molar refractivity (Wildman–Crippen MR) is 159 cm³/mol. The molecule has 0 aromatic heterocycles. The smallest absolute Gasteiger partial charge is 0.326 e. The minimum atomic E-state index is -1.15. The van der Waals surface area contributed by atoms with Gasteiger partial charge in [-0.1, -0.05) is 38.1 Å². The van der Waals surface area contributed by atoms with E-state index in [4.69, 9.17) is 9.47 Å². The van der Waals surface area contributed by atoms with Gasteiger partial charge in [0.25, 0.3) is 0 Å². The minimum Gasteiger partial charge on any atom is -0.495 e. The van der Waals surface area contributed by atoms with E-state index in [1.807, 2.05) is 39.0 Å². The van der Waals surface area contributed by atoms with Crippen LogP contribution in [-0.4, -0.2) is 66.7 Å². The maximum absolute atomic E-state index is 13.1. The van der Waals surface area contributed by atoms with Crippen LogP contribution in [0.2, 0.25) is 0 Å². The molecule has 0 aliphatic carbocycles. The number of anilines is 2.